The molecule has 0 saturated carbocycles. The van der Waals surface area contributed by atoms with E-state index < -0.39 is 24.3 Å². The maximum atomic E-state index is 13.9. The number of imidazole rings is 2. The molecule has 312 valence electrons. The van der Waals surface area contributed by atoms with E-state index in [1.165, 1.54) is 14.2 Å². The topological polar surface area (TPSA) is 175 Å². The summed E-state index contributed by atoms with van der Waals surface area (Å²) in [6, 6.07) is 12.5. The molecule has 4 amide bonds. The first kappa shape index (κ1) is 42.5. The molecule has 0 aliphatic carbocycles. The Morgan fingerprint density at radius 3 is 1.93 bits per heavy atom. The molecule has 2 aromatic carbocycles. The van der Waals surface area contributed by atoms with Crippen molar-refractivity contribution in [1.82, 2.24) is 40.4 Å². The molecule has 4 heterocycles. The summed E-state index contributed by atoms with van der Waals surface area (Å²) >= 11 is 0. The SMILES string of the molecule is CC#Cc1cc(-c2cnc([C@@H]3[C@H](CC)CCN3C(=O)[C@@H](NC(=O)OC)C(C)C)[nH]2)ccc1-c1ccc(-c2cnc([C@@H]3CCCN3C(=O)C(NC(=O)OC)C(C)C)[nH]2)cc1. The fourth-order valence-electron chi connectivity index (χ4n) is 8.29. The molecule has 0 bridgehead atoms. The van der Waals surface area contributed by atoms with E-state index in [2.05, 4.69) is 63.6 Å². The summed E-state index contributed by atoms with van der Waals surface area (Å²) in [5.41, 5.74) is 6.37. The van der Waals surface area contributed by atoms with Gasteiger partial charge in [-0.05, 0) is 66.7 Å². The normalized spacial score (nSPS) is 18.6. The molecule has 14 heteroatoms. The number of rotatable bonds is 12. The van der Waals surface area contributed by atoms with Crippen LogP contribution in [0, 0.1) is 29.6 Å². The monoisotopic (exact) mass is 804 g/mol. The second-order valence-corrected chi connectivity index (χ2v) is 15.9. The molecular formula is C45H56N8O6. The molecule has 2 saturated heterocycles. The van der Waals surface area contributed by atoms with Gasteiger partial charge in [0.2, 0.25) is 11.8 Å². The number of amides is 4. The number of aromatic nitrogens is 4. The average molecular weight is 805 g/mol. The third-order valence-corrected chi connectivity index (χ3v) is 11.5. The van der Waals surface area contributed by atoms with E-state index in [0.29, 0.717) is 24.7 Å². The van der Waals surface area contributed by atoms with Crippen LogP contribution in [0.25, 0.3) is 33.6 Å². The van der Waals surface area contributed by atoms with Crippen LogP contribution in [0.15, 0.2) is 54.9 Å². The Morgan fingerprint density at radius 1 is 0.780 bits per heavy atom. The number of hydrogen-bond donors (Lipinski definition) is 4. The fourth-order valence-corrected chi connectivity index (χ4v) is 8.29. The van der Waals surface area contributed by atoms with Crippen LogP contribution in [0.5, 0.6) is 0 Å². The van der Waals surface area contributed by atoms with Crippen molar-refractivity contribution >= 4 is 24.0 Å². The summed E-state index contributed by atoms with van der Waals surface area (Å²) < 4.78 is 9.58. The Bertz CT molecular complexity index is 2200. The van der Waals surface area contributed by atoms with Crippen molar-refractivity contribution in [3.8, 4) is 45.5 Å². The maximum Gasteiger partial charge on any atom is 0.407 e. The van der Waals surface area contributed by atoms with Gasteiger partial charge in [-0.1, -0.05) is 83.4 Å². The van der Waals surface area contributed by atoms with Gasteiger partial charge in [0.25, 0.3) is 0 Å². The number of H-pyrrole nitrogens is 2. The number of hydrogen-bond acceptors (Lipinski definition) is 8. The number of likely N-dealkylation sites (tertiary alicyclic amines) is 2. The van der Waals surface area contributed by atoms with Gasteiger partial charge >= 0.3 is 12.2 Å². The second-order valence-electron chi connectivity index (χ2n) is 15.9. The Kier molecular flexibility index (Phi) is 13.4. The highest BCUT2D eigenvalue weighted by Gasteiger charge is 2.42. The molecule has 14 nitrogen and oxygen atoms in total. The minimum absolute atomic E-state index is 0.116. The predicted octanol–water partition coefficient (Wildman–Crippen LogP) is 7.23. The average Bonchev–Trinajstić information content (AvgIpc) is 4.08. The van der Waals surface area contributed by atoms with Gasteiger partial charge in [-0.3, -0.25) is 9.59 Å². The third-order valence-electron chi connectivity index (χ3n) is 11.5. The predicted molar refractivity (Wildman–Crippen MR) is 224 cm³/mol. The molecule has 6 rings (SSSR count). The van der Waals surface area contributed by atoms with Gasteiger partial charge in [-0.15, -0.1) is 5.92 Å². The summed E-state index contributed by atoms with van der Waals surface area (Å²) in [6.07, 6.45) is 5.67. The first-order valence-electron chi connectivity index (χ1n) is 20.5. The first-order chi connectivity index (χ1) is 28.4. The molecule has 2 aromatic heterocycles. The van der Waals surface area contributed by atoms with Crippen molar-refractivity contribution in [2.75, 3.05) is 27.3 Å². The van der Waals surface area contributed by atoms with Gasteiger partial charge in [0.05, 0.1) is 50.1 Å². The fraction of sp³-hybridized carbons (Fsp3) is 0.467. The van der Waals surface area contributed by atoms with E-state index in [9.17, 15) is 19.2 Å². The van der Waals surface area contributed by atoms with Crippen molar-refractivity contribution in [3.05, 3.63) is 72.1 Å². The highest BCUT2D eigenvalue weighted by molar-refractivity contribution is 5.87. The highest BCUT2D eigenvalue weighted by atomic mass is 16.5. The lowest BCUT2D eigenvalue weighted by Crippen LogP contribution is -2.51. The van der Waals surface area contributed by atoms with Crippen LogP contribution in [0.1, 0.15) is 96.5 Å². The number of nitrogens with zero attached hydrogens (tertiary/aromatic N) is 4. The van der Waals surface area contributed by atoms with Crippen molar-refractivity contribution < 1.29 is 28.7 Å². The molecule has 0 spiro atoms. The quantitative estimate of drug-likeness (QED) is 0.109. The standard InChI is InChI=1S/C45H56N8O6/c1-9-12-31-23-32(35-25-47-41(49-35)39-28(10-2)20-22-53(39)43(55)38(27(5)6)51-45(57)59-8)18-19-33(31)29-14-16-30(17-15-29)34-24-46-40(48-34)36-13-11-21-52(36)42(54)37(26(3)4)50-44(56)58-7/h14-19,23-28,36-39H,10-11,13,20-22H2,1-8H3,(H,46,48)(H,47,49)(H,50,56)(H,51,57)/t28-,36+,37?,38+,39+/m1/s1. The summed E-state index contributed by atoms with van der Waals surface area (Å²) in [5.74, 6) is 7.45. The van der Waals surface area contributed by atoms with Gasteiger partial charge < -0.3 is 39.9 Å². The lowest BCUT2D eigenvalue weighted by Gasteiger charge is -2.31. The number of aromatic amines is 2. The number of ether oxygens (including phenoxy) is 2. The Labute approximate surface area is 346 Å². The summed E-state index contributed by atoms with van der Waals surface area (Å²) in [7, 11) is 2.58. The van der Waals surface area contributed by atoms with Gasteiger partial charge in [-0.2, -0.15) is 0 Å². The molecule has 4 N–H and O–H groups in total. The Balaban J connectivity index is 1.20. The summed E-state index contributed by atoms with van der Waals surface area (Å²) in [5, 5.41) is 5.43. The van der Waals surface area contributed by atoms with Gasteiger partial charge in [0.1, 0.15) is 23.7 Å². The number of methoxy groups -OCH3 is 2. The van der Waals surface area contributed by atoms with Crippen LogP contribution < -0.4 is 10.6 Å². The van der Waals surface area contributed by atoms with Crippen molar-refractivity contribution in [1.29, 1.82) is 0 Å². The van der Waals surface area contributed by atoms with Crippen LogP contribution in [0.3, 0.4) is 0 Å². The van der Waals surface area contributed by atoms with Crippen molar-refractivity contribution in [2.24, 2.45) is 17.8 Å². The van der Waals surface area contributed by atoms with E-state index in [1.807, 2.05) is 63.9 Å². The number of carbonyl (C=O) groups excluding carboxylic acids is 4. The molecule has 5 atom stereocenters. The zero-order valence-corrected chi connectivity index (χ0v) is 35.2. The third kappa shape index (κ3) is 9.14. The molecular weight excluding hydrogens is 749 g/mol. The largest absolute Gasteiger partial charge is 0.453 e. The van der Waals surface area contributed by atoms with Gasteiger partial charge in [0, 0.05) is 24.2 Å². The van der Waals surface area contributed by atoms with E-state index in [1.54, 1.807) is 11.1 Å². The van der Waals surface area contributed by atoms with Gasteiger partial charge in [0.15, 0.2) is 0 Å². The van der Waals surface area contributed by atoms with E-state index in [0.717, 1.165) is 64.9 Å². The number of carbonyl (C=O) groups is 4. The Morgan fingerprint density at radius 2 is 1.34 bits per heavy atom. The first-order valence-corrected chi connectivity index (χ1v) is 20.5. The molecule has 59 heavy (non-hydrogen) atoms. The van der Waals surface area contributed by atoms with Gasteiger partial charge in [-0.25, -0.2) is 19.6 Å². The van der Waals surface area contributed by atoms with Crippen LogP contribution in [0.2, 0.25) is 0 Å². The number of nitrogens with one attached hydrogen (secondary N) is 4. The van der Waals surface area contributed by atoms with Crippen LogP contribution >= 0.6 is 0 Å². The smallest absolute Gasteiger partial charge is 0.407 e. The van der Waals surface area contributed by atoms with Crippen LogP contribution in [-0.4, -0.2) is 93.1 Å². The Hall–Kier alpha value is -6.10. The minimum Gasteiger partial charge on any atom is -0.453 e. The van der Waals surface area contributed by atoms with Crippen molar-refractivity contribution in [3.63, 3.8) is 0 Å². The molecule has 2 aliphatic heterocycles. The molecule has 4 aromatic rings. The lowest BCUT2D eigenvalue weighted by atomic mass is 9.95. The van der Waals surface area contributed by atoms with E-state index in [4.69, 9.17) is 19.4 Å². The zero-order valence-electron chi connectivity index (χ0n) is 35.2. The molecule has 1 unspecified atom stereocenters. The highest BCUT2D eigenvalue weighted by Crippen LogP contribution is 2.40. The summed E-state index contributed by atoms with van der Waals surface area (Å²) in [6.45, 7) is 12.7. The van der Waals surface area contributed by atoms with E-state index >= 15 is 0 Å². The minimum atomic E-state index is -0.717. The molecule has 2 aliphatic rings. The van der Waals surface area contributed by atoms with Crippen molar-refractivity contribution in [2.45, 2.75) is 91.4 Å². The zero-order chi connectivity index (χ0) is 42.4. The lowest BCUT2D eigenvalue weighted by molar-refractivity contribution is -0.136. The maximum absolute atomic E-state index is 13.9. The second kappa shape index (κ2) is 18.7. The van der Waals surface area contributed by atoms with Crippen LogP contribution in [0.4, 0.5) is 9.59 Å². The number of alkyl carbamates (subject to hydrolysis) is 2. The summed E-state index contributed by atoms with van der Waals surface area (Å²) in [4.78, 5) is 71.7. The van der Waals surface area contributed by atoms with E-state index in [-0.39, 0.29) is 41.7 Å². The molecule has 0 radical (unpaired) electrons. The molecule has 2 fully saturated rings. The number of benzene rings is 2. The van der Waals surface area contributed by atoms with Crippen LogP contribution in [-0.2, 0) is 19.1 Å².